The van der Waals surface area contributed by atoms with Crippen molar-refractivity contribution in [3.8, 4) is 0 Å². The van der Waals surface area contributed by atoms with E-state index in [1.807, 2.05) is 11.8 Å². The molecule has 0 unspecified atom stereocenters. The molecule has 1 rings (SSSR count). The number of thioether (sulfide) groups is 1. The van der Waals surface area contributed by atoms with E-state index < -0.39 is 0 Å². The number of rotatable bonds is 1. The Kier molecular flexibility index (Phi) is 2.20. The zero-order valence-corrected chi connectivity index (χ0v) is 6.41. The Bertz CT molecular complexity index is 41.3. The first-order valence-electron chi connectivity index (χ1n) is 1.78. The summed E-state index contributed by atoms with van der Waals surface area (Å²) in [5.41, 5.74) is 0. The molecular formula is C3H5BrS2. The summed E-state index contributed by atoms with van der Waals surface area (Å²) in [4.78, 5) is 0. The van der Waals surface area contributed by atoms with Crippen LogP contribution in [-0.4, -0.2) is 16.8 Å². The zero-order valence-electron chi connectivity index (χ0n) is 3.19. The van der Waals surface area contributed by atoms with Crippen molar-refractivity contribution in [1.82, 2.24) is 0 Å². The molecule has 0 N–H and O–H groups in total. The Morgan fingerprint density at radius 1 is 1.67 bits per heavy atom. The number of halogens is 1. The van der Waals surface area contributed by atoms with E-state index >= 15 is 0 Å². The van der Waals surface area contributed by atoms with E-state index in [-0.39, 0.29) is 0 Å². The Labute approximate surface area is 53.7 Å². The minimum atomic E-state index is 0.912. The van der Waals surface area contributed by atoms with Gasteiger partial charge in [0.25, 0.3) is 0 Å². The van der Waals surface area contributed by atoms with E-state index in [2.05, 4.69) is 14.8 Å². The summed E-state index contributed by atoms with van der Waals surface area (Å²) in [7, 11) is 1.80. The lowest BCUT2D eigenvalue weighted by molar-refractivity contribution is 1.09. The first kappa shape index (κ1) is 5.32. The van der Waals surface area contributed by atoms with Crippen molar-refractivity contribution in [3.63, 3.8) is 0 Å². The van der Waals surface area contributed by atoms with Gasteiger partial charge in [-0.1, -0.05) is 10.2 Å². The van der Waals surface area contributed by atoms with E-state index in [1.165, 1.54) is 11.5 Å². The second-order valence-corrected chi connectivity index (χ2v) is 4.29. The molecule has 0 nitrogen and oxygen atoms in total. The number of hydrogen-bond acceptors (Lipinski definition) is 2. The zero-order chi connectivity index (χ0) is 4.41. The first-order chi connectivity index (χ1) is 2.93. The smallest absolute Gasteiger partial charge is 0.0338 e. The lowest BCUT2D eigenvalue weighted by Gasteiger charge is -2.20. The summed E-state index contributed by atoms with van der Waals surface area (Å²) < 4.78 is 0. The van der Waals surface area contributed by atoms with Crippen molar-refractivity contribution in [2.45, 2.75) is 5.25 Å². The van der Waals surface area contributed by atoms with Crippen molar-refractivity contribution in [1.29, 1.82) is 0 Å². The molecule has 0 aliphatic carbocycles. The van der Waals surface area contributed by atoms with E-state index in [0.717, 1.165) is 5.25 Å². The highest BCUT2D eigenvalue weighted by atomic mass is 79.9. The van der Waals surface area contributed by atoms with Crippen molar-refractivity contribution in [2.75, 3.05) is 11.5 Å². The molecular weight excluding hydrogens is 180 g/mol. The van der Waals surface area contributed by atoms with Crippen molar-refractivity contribution >= 4 is 36.8 Å². The summed E-state index contributed by atoms with van der Waals surface area (Å²) in [6.07, 6.45) is 0. The molecule has 0 saturated carbocycles. The van der Waals surface area contributed by atoms with Crippen LogP contribution in [0, 0.1) is 0 Å². The minimum Gasteiger partial charge on any atom is -0.160 e. The van der Waals surface area contributed by atoms with Crippen LogP contribution in [0.4, 0.5) is 0 Å². The second-order valence-electron chi connectivity index (χ2n) is 1.25. The SMILES string of the molecule is BrSC1CSC1. The maximum atomic E-state index is 3.33. The maximum Gasteiger partial charge on any atom is 0.0338 e. The van der Waals surface area contributed by atoms with Crippen LogP contribution < -0.4 is 0 Å². The Morgan fingerprint density at radius 2 is 2.33 bits per heavy atom. The molecule has 0 amide bonds. The average molecular weight is 185 g/mol. The second kappa shape index (κ2) is 2.48. The normalized spacial score (nSPS) is 23.5. The van der Waals surface area contributed by atoms with Gasteiger partial charge in [-0.2, -0.15) is 11.8 Å². The van der Waals surface area contributed by atoms with Crippen LogP contribution in [0.2, 0.25) is 0 Å². The molecule has 1 heterocycles. The van der Waals surface area contributed by atoms with Gasteiger partial charge in [0.1, 0.15) is 0 Å². The van der Waals surface area contributed by atoms with Crippen LogP contribution >= 0.6 is 36.8 Å². The van der Waals surface area contributed by atoms with Crippen molar-refractivity contribution in [3.05, 3.63) is 0 Å². The van der Waals surface area contributed by atoms with Crippen molar-refractivity contribution in [2.24, 2.45) is 0 Å². The van der Waals surface area contributed by atoms with Crippen LogP contribution in [0.15, 0.2) is 0 Å². The standard InChI is InChI=1S/C3H5BrS2/c4-6-3-1-5-2-3/h3H,1-2H2. The van der Waals surface area contributed by atoms with Gasteiger partial charge in [0.05, 0.1) is 0 Å². The average Bonchev–Trinajstić information content (AvgIpc) is 1.31. The third kappa shape index (κ3) is 1.07. The van der Waals surface area contributed by atoms with Crippen molar-refractivity contribution < 1.29 is 0 Å². The van der Waals surface area contributed by atoms with Gasteiger partial charge in [0.2, 0.25) is 0 Å². The molecule has 0 aromatic rings. The molecule has 1 saturated heterocycles. The Balaban J connectivity index is 2.01. The highest BCUT2D eigenvalue weighted by Crippen LogP contribution is 2.32. The van der Waals surface area contributed by atoms with Gasteiger partial charge in [-0.15, -0.1) is 0 Å². The van der Waals surface area contributed by atoms with Gasteiger partial charge in [0, 0.05) is 16.8 Å². The molecule has 6 heavy (non-hydrogen) atoms. The fourth-order valence-corrected chi connectivity index (χ4v) is 3.62. The van der Waals surface area contributed by atoms with E-state index in [9.17, 15) is 0 Å². The van der Waals surface area contributed by atoms with Gasteiger partial charge in [-0.05, 0) is 14.8 Å². The molecule has 1 aliphatic rings. The van der Waals surface area contributed by atoms with Gasteiger partial charge < -0.3 is 0 Å². The quantitative estimate of drug-likeness (QED) is 0.613. The molecule has 0 aromatic heterocycles. The van der Waals surface area contributed by atoms with E-state index in [1.54, 1.807) is 10.2 Å². The van der Waals surface area contributed by atoms with E-state index in [0.29, 0.717) is 0 Å². The largest absolute Gasteiger partial charge is 0.160 e. The molecule has 1 aliphatic heterocycles. The minimum absolute atomic E-state index is 0.912. The van der Waals surface area contributed by atoms with Gasteiger partial charge in [-0.25, -0.2) is 0 Å². The number of hydrogen-bond donors (Lipinski definition) is 0. The van der Waals surface area contributed by atoms with Gasteiger partial charge >= 0.3 is 0 Å². The lowest BCUT2D eigenvalue weighted by atomic mass is 10.5. The third-order valence-corrected chi connectivity index (χ3v) is 4.60. The Hall–Kier alpha value is 1.18. The van der Waals surface area contributed by atoms with Crippen LogP contribution in [0.1, 0.15) is 0 Å². The van der Waals surface area contributed by atoms with Gasteiger partial charge in [-0.3, -0.25) is 0 Å². The molecule has 36 valence electrons. The van der Waals surface area contributed by atoms with E-state index in [4.69, 9.17) is 0 Å². The summed E-state index contributed by atoms with van der Waals surface area (Å²) in [6, 6.07) is 0. The molecule has 3 heteroatoms. The highest BCUT2D eigenvalue weighted by Gasteiger charge is 2.16. The predicted octanol–water partition coefficient (Wildman–Crippen LogP) is 2.14. The summed E-state index contributed by atoms with van der Waals surface area (Å²) in [6.45, 7) is 0. The van der Waals surface area contributed by atoms with Crippen LogP contribution in [-0.2, 0) is 0 Å². The molecule has 0 spiro atoms. The third-order valence-electron chi connectivity index (χ3n) is 0.733. The fourth-order valence-electron chi connectivity index (χ4n) is 0.266. The summed E-state index contributed by atoms with van der Waals surface area (Å²) in [5, 5.41) is 0.912. The molecule has 0 aromatic carbocycles. The molecule has 1 fully saturated rings. The molecule has 0 bridgehead atoms. The maximum absolute atomic E-state index is 3.33. The van der Waals surface area contributed by atoms with Gasteiger partial charge in [0.15, 0.2) is 0 Å². The predicted molar refractivity (Wildman–Crippen MR) is 37.6 cm³/mol. The topological polar surface area (TPSA) is 0 Å². The summed E-state index contributed by atoms with van der Waals surface area (Å²) >= 11 is 5.35. The fraction of sp³-hybridized carbons (Fsp3) is 1.00. The van der Waals surface area contributed by atoms with Crippen LogP contribution in [0.3, 0.4) is 0 Å². The Morgan fingerprint density at radius 3 is 2.33 bits per heavy atom. The lowest BCUT2D eigenvalue weighted by Crippen LogP contribution is -2.18. The van der Waals surface area contributed by atoms with Crippen LogP contribution in [0.25, 0.3) is 0 Å². The monoisotopic (exact) mass is 184 g/mol. The first-order valence-corrected chi connectivity index (χ1v) is 5.66. The summed E-state index contributed by atoms with van der Waals surface area (Å²) in [5.74, 6) is 2.69. The molecule has 0 radical (unpaired) electrons. The highest BCUT2D eigenvalue weighted by molar-refractivity contribution is 9.50. The molecule has 0 atom stereocenters. The van der Waals surface area contributed by atoms with Crippen LogP contribution in [0.5, 0.6) is 0 Å².